The van der Waals surface area contributed by atoms with E-state index in [1.54, 1.807) is 27.5 Å². The number of aromatic nitrogens is 1. The van der Waals surface area contributed by atoms with Gasteiger partial charge in [0.05, 0.1) is 27.0 Å². The molecule has 0 saturated carbocycles. The van der Waals surface area contributed by atoms with E-state index in [9.17, 15) is 0 Å². The number of nitrogens with zero attached hydrogens (tertiary/aromatic N) is 2. The number of rotatable bonds is 8. The van der Waals surface area contributed by atoms with Gasteiger partial charge in [-0.1, -0.05) is 18.2 Å². The maximum Gasteiger partial charge on any atom is 0.174 e. The molecule has 0 saturated heterocycles. The van der Waals surface area contributed by atoms with Gasteiger partial charge in [-0.25, -0.2) is 0 Å². The Kier molecular flexibility index (Phi) is 7.67. The number of hydrogen-bond donors (Lipinski definition) is 1. The normalized spacial score (nSPS) is 10.3. The monoisotopic (exact) mass is 437 g/mol. The number of hydrogen-bond acceptors (Lipinski definition) is 5. The lowest BCUT2D eigenvalue weighted by molar-refractivity contribution is 0.352. The minimum absolute atomic E-state index is 0.579. The van der Waals surface area contributed by atoms with Crippen LogP contribution in [0.25, 0.3) is 0 Å². The lowest BCUT2D eigenvalue weighted by atomic mass is 10.1. The summed E-state index contributed by atoms with van der Waals surface area (Å²) in [6, 6.07) is 15.8. The summed E-state index contributed by atoms with van der Waals surface area (Å²) in [6.45, 7) is 3.20. The SMILES string of the molecule is COc1cc(C)ccc1NC(=S)N(Cc1cccnc1)Cc1ccc(OC)c(OC)c1. The molecule has 1 heterocycles. The van der Waals surface area contributed by atoms with E-state index < -0.39 is 0 Å². The van der Waals surface area contributed by atoms with Gasteiger partial charge in [0.25, 0.3) is 0 Å². The molecule has 7 heteroatoms. The van der Waals surface area contributed by atoms with Crippen molar-refractivity contribution in [2.24, 2.45) is 0 Å². The van der Waals surface area contributed by atoms with Crippen molar-refractivity contribution < 1.29 is 14.2 Å². The van der Waals surface area contributed by atoms with Crippen molar-refractivity contribution in [1.82, 2.24) is 9.88 Å². The van der Waals surface area contributed by atoms with Gasteiger partial charge in [0, 0.05) is 25.5 Å². The zero-order chi connectivity index (χ0) is 22.2. The van der Waals surface area contributed by atoms with E-state index >= 15 is 0 Å². The second-order valence-electron chi connectivity index (χ2n) is 7.04. The number of pyridine rings is 1. The van der Waals surface area contributed by atoms with Crippen LogP contribution < -0.4 is 19.5 Å². The van der Waals surface area contributed by atoms with Crippen LogP contribution in [-0.2, 0) is 13.1 Å². The van der Waals surface area contributed by atoms with E-state index in [-0.39, 0.29) is 0 Å². The number of aryl methyl sites for hydroxylation is 1. The number of methoxy groups -OCH3 is 3. The predicted octanol–water partition coefficient (Wildman–Crippen LogP) is 4.82. The molecular formula is C24H27N3O3S. The van der Waals surface area contributed by atoms with Gasteiger partial charge in [-0.3, -0.25) is 4.98 Å². The zero-order valence-corrected chi connectivity index (χ0v) is 19.0. The van der Waals surface area contributed by atoms with Crippen LogP contribution in [0.15, 0.2) is 60.9 Å². The highest BCUT2D eigenvalue weighted by atomic mass is 32.1. The molecule has 3 rings (SSSR count). The Morgan fingerprint density at radius 2 is 1.65 bits per heavy atom. The minimum atomic E-state index is 0.579. The maximum absolute atomic E-state index is 5.79. The van der Waals surface area contributed by atoms with Crippen molar-refractivity contribution in [1.29, 1.82) is 0 Å². The van der Waals surface area contributed by atoms with E-state index in [0.29, 0.717) is 29.7 Å². The van der Waals surface area contributed by atoms with Crippen LogP contribution in [0.5, 0.6) is 17.2 Å². The van der Waals surface area contributed by atoms with Crippen molar-refractivity contribution in [3.8, 4) is 17.2 Å². The van der Waals surface area contributed by atoms with E-state index in [4.69, 9.17) is 26.4 Å². The summed E-state index contributed by atoms with van der Waals surface area (Å²) in [6.07, 6.45) is 3.60. The summed E-state index contributed by atoms with van der Waals surface area (Å²) in [5.74, 6) is 2.12. The van der Waals surface area contributed by atoms with E-state index in [0.717, 1.165) is 28.1 Å². The molecular weight excluding hydrogens is 410 g/mol. The third kappa shape index (κ3) is 5.86. The highest BCUT2D eigenvalue weighted by Crippen LogP contribution is 2.29. The summed E-state index contributed by atoms with van der Waals surface area (Å²) in [5.41, 5.74) is 4.04. The Bertz CT molecular complexity index is 1030. The molecule has 31 heavy (non-hydrogen) atoms. The minimum Gasteiger partial charge on any atom is -0.495 e. The van der Waals surface area contributed by atoms with Crippen LogP contribution in [0.1, 0.15) is 16.7 Å². The van der Waals surface area contributed by atoms with Crippen molar-refractivity contribution >= 4 is 23.0 Å². The molecule has 6 nitrogen and oxygen atoms in total. The number of benzene rings is 2. The molecule has 0 radical (unpaired) electrons. The second-order valence-corrected chi connectivity index (χ2v) is 7.43. The molecule has 162 valence electrons. The fourth-order valence-electron chi connectivity index (χ4n) is 3.21. The Hall–Kier alpha value is -3.32. The van der Waals surface area contributed by atoms with Crippen molar-refractivity contribution in [2.75, 3.05) is 26.6 Å². The Morgan fingerprint density at radius 1 is 0.903 bits per heavy atom. The van der Waals surface area contributed by atoms with Gasteiger partial charge in [-0.2, -0.15) is 0 Å². The topological polar surface area (TPSA) is 55.9 Å². The summed E-state index contributed by atoms with van der Waals surface area (Å²) < 4.78 is 16.3. The van der Waals surface area contributed by atoms with Gasteiger partial charge in [-0.15, -0.1) is 0 Å². The van der Waals surface area contributed by atoms with Crippen molar-refractivity contribution in [2.45, 2.75) is 20.0 Å². The number of nitrogens with one attached hydrogen (secondary N) is 1. The molecule has 0 fully saturated rings. The molecule has 0 aliphatic rings. The Labute approximate surface area is 188 Å². The fourth-order valence-corrected chi connectivity index (χ4v) is 3.45. The summed E-state index contributed by atoms with van der Waals surface area (Å²) >= 11 is 5.79. The smallest absolute Gasteiger partial charge is 0.174 e. The van der Waals surface area contributed by atoms with Gasteiger partial charge < -0.3 is 24.4 Å². The van der Waals surface area contributed by atoms with Crippen LogP contribution in [0.4, 0.5) is 5.69 Å². The van der Waals surface area contributed by atoms with Gasteiger partial charge in [-0.05, 0) is 66.2 Å². The third-order valence-corrected chi connectivity index (χ3v) is 5.16. The quantitative estimate of drug-likeness (QED) is 0.507. The standard InChI is InChI=1S/C24H27N3O3S/c1-17-7-9-20(22(12-17)29-3)26-24(31)27(16-19-6-5-11-25-14-19)15-18-8-10-21(28-2)23(13-18)30-4/h5-14H,15-16H2,1-4H3,(H,26,31). The largest absolute Gasteiger partial charge is 0.495 e. The summed E-state index contributed by atoms with van der Waals surface area (Å²) in [5, 5.41) is 3.92. The molecule has 3 aromatic rings. The first-order chi connectivity index (χ1) is 15.0. The number of anilines is 1. The first kappa shape index (κ1) is 22.4. The highest BCUT2D eigenvalue weighted by molar-refractivity contribution is 7.80. The summed E-state index contributed by atoms with van der Waals surface area (Å²) in [7, 11) is 4.91. The van der Waals surface area contributed by atoms with Gasteiger partial charge in [0.15, 0.2) is 16.6 Å². The molecule has 0 amide bonds. The Balaban J connectivity index is 1.86. The van der Waals surface area contributed by atoms with E-state index in [1.807, 2.05) is 61.7 Å². The average Bonchev–Trinajstić information content (AvgIpc) is 2.80. The maximum atomic E-state index is 5.79. The van der Waals surface area contributed by atoms with Crippen LogP contribution >= 0.6 is 12.2 Å². The lowest BCUT2D eigenvalue weighted by Crippen LogP contribution is -2.34. The zero-order valence-electron chi connectivity index (χ0n) is 18.2. The van der Waals surface area contributed by atoms with Gasteiger partial charge in [0.2, 0.25) is 0 Å². The second kappa shape index (κ2) is 10.6. The first-order valence-corrected chi connectivity index (χ1v) is 10.2. The third-order valence-electron chi connectivity index (χ3n) is 4.80. The first-order valence-electron chi connectivity index (χ1n) is 9.84. The van der Waals surface area contributed by atoms with Crippen molar-refractivity contribution in [3.05, 3.63) is 77.6 Å². The van der Waals surface area contributed by atoms with Gasteiger partial charge >= 0.3 is 0 Å². The lowest BCUT2D eigenvalue weighted by Gasteiger charge is -2.27. The molecule has 0 aliphatic heterocycles. The summed E-state index contributed by atoms with van der Waals surface area (Å²) in [4.78, 5) is 6.30. The van der Waals surface area contributed by atoms with Gasteiger partial charge in [0.1, 0.15) is 5.75 Å². The molecule has 1 aromatic heterocycles. The van der Waals surface area contributed by atoms with Crippen molar-refractivity contribution in [3.63, 3.8) is 0 Å². The molecule has 2 aromatic carbocycles. The predicted molar refractivity (Wildman–Crippen MR) is 127 cm³/mol. The average molecular weight is 438 g/mol. The van der Waals surface area contributed by atoms with E-state index in [2.05, 4.69) is 15.2 Å². The fraction of sp³-hybridized carbons (Fsp3) is 0.250. The van der Waals surface area contributed by atoms with Crippen LogP contribution in [0, 0.1) is 6.92 Å². The molecule has 0 spiro atoms. The Morgan fingerprint density at radius 3 is 2.32 bits per heavy atom. The molecule has 1 N–H and O–H groups in total. The number of thiocarbonyl (C=S) groups is 1. The van der Waals surface area contributed by atoms with Crippen LogP contribution in [-0.4, -0.2) is 36.3 Å². The van der Waals surface area contributed by atoms with Crippen LogP contribution in [0.3, 0.4) is 0 Å². The molecule has 0 aliphatic carbocycles. The number of ether oxygens (including phenoxy) is 3. The highest BCUT2D eigenvalue weighted by Gasteiger charge is 2.15. The van der Waals surface area contributed by atoms with E-state index in [1.165, 1.54) is 0 Å². The molecule has 0 unspecified atom stereocenters. The molecule has 0 bridgehead atoms. The van der Waals surface area contributed by atoms with Crippen LogP contribution in [0.2, 0.25) is 0 Å². The molecule has 0 atom stereocenters.